The summed E-state index contributed by atoms with van der Waals surface area (Å²) in [5.74, 6) is 0.195. The highest BCUT2D eigenvalue weighted by molar-refractivity contribution is 7.99. The van der Waals surface area contributed by atoms with E-state index in [-0.39, 0.29) is 11.9 Å². The molecule has 5 unspecified atom stereocenters. The van der Waals surface area contributed by atoms with E-state index in [1.165, 1.54) is 0 Å². The summed E-state index contributed by atoms with van der Waals surface area (Å²) in [7, 11) is -3.04. The minimum Gasteiger partial charge on any atom is -0.388 e. The molecular weight excluding hydrogens is 471 g/mol. The van der Waals surface area contributed by atoms with Gasteiger partial charge in [-0.1, -0.05) is 13.3 Å². The zero-order chi connectivity index (χ0) is 23.5. The van der Waals surface area contributed by atoms with Crippen molar-refractivity contribution in [2.24, 2.45) is 5.92 Å². The lowest BCUT2D eigenvalue weighted by molar-refractivity contribution is -0.201. The maximum absolute atomic E-state index is 13.0. The number of rotatable bonds is 9. The van der Waals surface area contributed by atoms with Gasteiger partial charge in [-0.05, 0) is 39.0 Å². The number of likely N-dealkylation sites (tertiary alicyclic amines) is 1. The number of phosphoric acid groups is 1. The highest BCUT2D eigenvalue weighted by Gasteiger charge is 2.51. The summed E-state index contributed by atoms with van der Waals surface area (Å²) < 4.78 is 21.7. The summed E-state index contributed by atoms with van der Waals surface area (Å²) in [6.07, 6.45) is -1.37. The molecule has 0 aromatic heterocycles. The number of thioether (sulfide) groups is 1. The normalized spacial score (nSPS) is 36.9. The van der Waals surface area contributed by atoms with Crippen LogP contribution in [0.1, 0.15) is 33.1 Å². The molecule has 0 aliphatic carbocycles. The smallest absolute Gasteiger partial charge is 0.388 e. The maximum atomic E-state index is 13.0. The topological polar surface area (TPSA) is 149 Å². The lowest BCUT2D eigenvalue weighted by atomic mass is 9.92. The minimum absolute atomic E-state index is 0.238. The molecule has 2 aliphatic heterocycles. The van der Waals surface area contributed by atoms with Crippen LogP contribution in [0.2, 0.25) is 0 Å². The fourth-order valence-electron chi connectivity index (χ4n) is 4.37. The second-order valence-corrected chi connectivity index (χ2v) is 11.1. The molecule has 0 bridgehead atoms. The molecular formula is C18H34ClN2O8PS. The average Bonchev–Trinajstić information content (AvgIpc) is 3.03. The number of alkyl halides is 1. The number of hydrogen-bond acceptors (Lipinski definition) is 8. The quantitative estimate of drug-likeness (QED) is 0.222. The minimum atomic E-state index is -4.93. The molecule has 13 heteroatoms. The number of ether oxygens (including phenoxy) is 1. The lowest BCUT2D eigenvalue weighted by Gasteiger charge is -2.45. The number of carbonyl (C=O) groups is 1. The number of halogens is 1. The fourth-order valence-corrected chi connectivity index (χ4v) is 5.93. The van der Waals surface area contributed by atoms with E-state index in [2.05, 4.69) is 16.8 Å². The van der Waals surface area contributed by atoms with Crippen LogP contribution in [0.15, 0.2) is 0 Å². The molecule has 0 radical (unpaired) electrons. The van der Waals surface area contributed by atoms with E-state index in [9.17, 15) is 19.6 Å². The van der Waals surface area contributed by atoms with Crippen molar-refractivity contribution in [2.75, 3.05) is 19.8 Å². The van der Waals surface area contributed by atoms with Crippen molar-refractivity contribution in [1.82, 2.24) is 10.2 Å². The Labute approximate surface area is 192 Å². The van der Waals surface area contributed by atoms with E-state index in [1.54, 1.807) is 13.2 Å². The van der Waals surface area contributed by atoms with Crippen molar-refractivity contribution in [3.05, 3.63) is 0 Å². The zero-order valence-corrected chi connectivity index (χ0v) is 20.6. The van der Waals surface area contributed by atoms with E-state index >= 15 is 0 Å². The van der Waals surface area contributed by atoms with Crippen molar-refractivity contribution in [2.45, 2.75) is 80.4 Å². The van der Waals surface area contributed by atoms with E-state index in [0.29, 0.717) is 5.92 Å². The Balaban J connectivity index is 2.15. The molecule has 2 saturated heterocycles. The third kappa shape index (κ3) is 7.02. The van der Waals surface area contributed by atoms with Crippen molar-refractivity contribution >= 4 is 37.1 Å². The molecule has 2 rings (SSSR count). The largest absolute Gasteiger partial charge is 0.470 e. The van der Waals surface area contributed by atoms with E-state index < -0.39 is 49.1 Å². The number of nitrogens with one attached hydrogen (secondary N) is 1. The van der Waals surface area contributed by atoms with Gasteiger partial charge in [0.15, 0.2) is 0 Å². The molecule has 0 saturated carbocycles. The maximum Gasteiger partial charge on any atom is 0.470 e. The third-order valence-corrected chi connectivity index (χ3v) is 7.50. The van der Waals surface area contributed by atoms with Crippen molar-refractivity contribution in [3.8, 4) is 0 Å². The predicted octanol–water partition coefficient (Wildman–Crippen LogP) is 0.507. The Morgan fingerprint density at radius 1 is 1.39 bits per heavy atom. The van der Waals surface area contributed by atoms with Gasteiger partial charge in [-0.25, -0.2) is 4.57 Å². The van der Waals surface area contributed by atoms with Gasteiger partial charge in [-0.15, -0.1) is 23.4 Å². The number of nitrogens with zero attached hydrogens (tertiary/aromatic N) is 1. The zero-order valence-electron chi connectivity index (χ0n) is 18.1. The molecule has 182 valence electrons. The van der Waals surface area contributed by atoms with Crippen LogP contribution in [0.25, 0.3) is 0 Å². The number of phosphoric ester groups is 1. The second kappa shape index (κ2) is 11.5. The number of aliphatic hydroxyl groups excluding tert-OH is 2. The molecule has 5 N–H and O–H groups in total. The van der Waals surface area contributed by atoms with Gasteiger partial charge in [0.1, 0.15) is 29.9 Å². The van der Waals surface area contributed by atoms with Crippen LogP contribution in [0.3, 0.4) is 0 Å². The Bertz CT molecular complexity index is 654. The number of likely N-dealkylation sites (N-methyl/N-ethyl adjacent to an activating group) is 1. The fraction of sp³-hybridized carbons (Fsp3) is 0.944. The molecule has 2 aliphatic rings. The molecule has 2 fully saturated rings. The summed E-state index contributed by atoms with van der Waals surface area (Å²) >= 11 is 7.38. The van der Waals surface area contributed by atoms with Gasteiger partial charge in [0.05, 0.1) is 17.5 Å². The van der Waals surface area contributed by atoms with Gasteiger partial charge in [0.25, 0.3) is 0 Å². The van der Waals surface area contributed by atoms with Crippen molar-refractivity contribution in [1.29, 1.82) is 0 Å². The first-order valence-corrected chi connectivity index (χ1v) is 13.6. The number of aliphatic hydroxyl groups is 2. The van der Waals surface area contributed by atoms with Gasteiger partial charge in [-0.3, -0.25) is 14.2 Å². The predicted molar refractivity (Wildman–Crippen MR) is 118 cm³/mol. The van der Waals surface area contributed by atoms with Crippen LogP contribution in [0.5, 0.6) is 0 Å². The monoisotopic (exact) mass is 504 g/mol. The summed E-state index contributed by atoms with van der Waals surface area (Å²) in [5, 5.41) is 23.4. The summed E-state index contributed by atoms with van der Waals surface area (Å²) in [6.45, 7) is 4.57. The molecule has 10 nitrogen and oxygen atoms in total. The second-order valence-electron chi connectivity index (χ2n) is 8.30. The molecule has 1 amide bonds. The Kier molecular flexibility index (Phi) is 10.1. The average molecular weight is 505 g/mol. The highest BCUT2D eigenvalue weighted by atomic mass is 35.5. The Morgan fingerprint density at radius 2 is 2.03 bits per heavy atom. The third-order valence-electron chi connectivity index (χ3n) is 5.87. The number of carbonyl (C=O) groups excluding carboxylic acids is 1. The van der Waals surface area contributed by atoms with Crippen LogP contribution in [0, 0.1) is 5.92 Å². The van der Waals surface area contributed by atoms with Crippen LogP contribution in [0.4, 0.5) is 0 Å². The molecule has 2 heterocycles. The summed E-state index contributed by atoms with van der Waals surface area (Å²) in [6, 6.07) is -1.18. The first kappa shape index (κ1) is 27.3. The number of hydrogen-bond donors (Lipinski definition) is 5. The van der Waals surface area contributed by atoms with E-state index in [4.69, 9.17) is 26.1 Å². The van der Waals surface area contributed by atoms with Gasteiger partial charge in [0, 0.05) is 6.54 Å². The first-order valence-electron chi connectivity index (χ1n) is 10.3. The van der Waals surface area contributed by atoms with Crippen molar-refractivity contribution < 1.29 is 38.6 Å². The molecule has 0 aromatic carbocycles. The molecule has 0 spiro atoms. The van der Waals surface area contributed by atoms with Gasteiger partial charge in [0.2, 0.25) is 5.91 Å². The van der Waals surface area contributed by atoms with Crippen LogP contribution < -0.4 is 5.32 Å². The van der Waals surface area contributed by atoms with Gasteiger partial charge in [-0.2, -0.15) is 0 Å². The van der Waals surface area contributed by atoms with Gasteiger partial charge < -0.3 is 30.1 Å². The Morgan fingerprint density at radius 3 is 2.55 bits per heavy atom. The number of amides is 1. The van der Waals surface area contributed by atoms with Crippen LogP contribution in [-0.4, -0.2) is 98.0 Å². The summed E-state index contributed by atoms with van der Waals surface area (Å²) in [5.41, 5.74) is -0.992. The van der Waals surface area contributed by atoms with Crippen LogP contribution >= 0.6 is 31.2 Å². The Hall–Kier alpha value is 0.0600. The van der Waals surface area contributed by atoms with Crippen molar-refractivity contribution in [3.63, 3.8) is 0 Å². The molecule has 31 heavy (non-hydrogen) atoms. The first-order chi connectivity index (χ1) is 14.4. The molecule has 9 atom stereocenters. The van der Waals surface area contributed by atoms with E-state index in [0.717, 1.165) is 37.6 Å². The standard InChI is InChI=1S/C18H34ClN2O8PS/c1-5-6-10-7-11(21(3)8-10)17(24)20-12(9(2)19)15-13(22)14(23)16(18(28-15)31-4)29-30(25,26)27/h9-16,18,22-23H,5-8H2,1-4H3,(H,20,24)(H2,25,26,27)/t9?,10-,11+,12?,13-,14+,15?,16?,18?/m1/s1. The van der Waals surface area contributed by atoms with Gasteiger partial charge >= 0.3 is 7.82 Å². The summed E-state index contributed by atoms with van der Waals surface area (Å²) in [4.78, 5) is 33.3. The van der Waals surface area contributed by atoms with E-state index in [1.807, 2.05) is 11.9 Å². The SMILES string of the molecule is CCC[C@@H]1C[C@@H](C(=O)NC(C(C)Cl)C2OC(SC)C(OP(=O)(O)O)[C@@H](O)[C@H]2O)N(C)C1. The highest BCUT2D eigenvalue weighted by Crippen LogP contribution is 2.43. The molecule has 0 aromatic rings. The van der Waals surface area contributed by atoms with Crippen LogP contribution in [-0.2, 0) is 18.6 Å². The lowest BCUT2D eigenvalue weighted by Crippen LogP contribution is -2.65.